The predicted molar refractivity (Wildman–Crippen MR) is 65.5 cm³/mol. The molecule has 1 heterocycles. The second-order valence-electron chi connectivity index (χ2n) is 4.89. The van der Waals surface area contributed by atoms with Crippen LogP contribution in [0.2, 0.25) is 0 Å². The minimum atomic E-state index is -0.117. The molecule has 0 aromatic carbocycles. The molecule has 0 spiro atoms. The van der Waals surface area contributed by atoms with Crippen LogP contribution in [-0.2, 0) is 4.74 Å². The molecule has 1 amide bonds. The first-order chi connectivity index (χ1) is 7.60. The molecule has 3 nitrogen and oxygen atoms in total. The molecule has 2 atom stereocenters. The van der Waals surface area contributed by atoms with Crippen LogP contribution >= 0.6 is 0 Å². The Morgan fingerprint density at radius 1 is 1.25 bits per heavy atom. The monoisotopic (exact) mass is 227 g/mol. The Labute approximate surface area is 99.1 Å². The summed E-state index contributed by atoms with van der Waals surface area (Å²) < 4.78 is 5.34. The Morgan fingerprint density at radius 3 is 2.12 bits per heavy atom. The summed E-state index contributed by atoms with van der Waals surface area (Å²) in [4.78, 5) is 14.0. The molecule has 0 bridgehead atoms. The Bertz CT molecular complexity index is 216. The molecule has 2 unspecified atom stereocenters. The van der Waals surface area contributed by atoms with Crippen molar-refractivity contribution in [2.45, 2.75) is 78.0 Å². The van der Waals surface area contributed by atoms with E-state index < -0.39 is 0 Å². The molecule has 0 aromatic rings. The molecule has 0 N–H and O–H groups in total. The fourth-order valence-corrected chi connectivity index (χ4v) is 2.53. The maximum atomic E-state index is 12.1. The lowest BCUT2D eigenvalue weighted by Crippen LogP contribution is -2.50. The van der Waals surface area contributed by atoms with Crippen molar-refractivity contribution in [3.05, 3.63) is 0 Å². The Hall–Kier alpha value is -0.730. The van der Waals surface area contributed by atoms with E-state index in [-0.39, 0.29) is 12.2 Å². The van der Waals surface area contributed by atoms with E-state index in [1.165, 1.54) is 6.42 Å². The first-order valence-electron chi connectivity index (χ1n) is 6.59. The van der Waals surface area contributed by atoms with Crippen molar-refractivity contribution in [2.75, 3.05) is 0 Å². The van der Waals surface area contributed by atoms with Crippen LogP contribution in [-0.4, -0.2) is 29.2 Å². The third-order valence-corrected chi connectivity index (χ3v) is 3.35. The van der Waals surface area contributed by atoms with Gasteiger partial charge in [-0.05, 0) is 46.0 Å². The zero-order chi connectivity index (χ0) is 12.1. The molecule has 0 saturated carbocycles. The normalized spacial score (nSPS) is 25.9. The predicted octanol–water partition coefficient (Wildman–Crippen LogP) is 3.57. The van der Waals surface area contributed by atoms with Crippen molar-refractivity contribution >= 4 is 6.09 Å². The van der Waals surface area contributed by atoms with Gasteiger partial charge in [0.1, 0.15) is 0 Å². The summed E-state index contributed by atoms with van der Waals surface area (Å²) in [5.74, 6) is 0. The third kappa shape index (κ3) is 3.13. The smallest absolute Gasteiger partial charge is 0.410 e. The molecule has 0 aromatic heterocycles. The van der Waals surface area contributed by atoms with Crippen LogP contribution in [0.5, 0.6) is 0 Å². The van der Waals surface area contributed by atoms with E-state index in [0.717, 1.165) is 25.7 Å². The van der Waals surface area contributed by atoms with Gasteiger partial charge in [0.05, 0.1) is 6.10 Å². The van der Waals surface area contributed by atoms with Crippen LogP contribution in [0, 0.1) is 0 Å². The highest BCUT2D eigenvalue weighted by Gasteiger charge is 2.33. The van der Waals surface area contributed by atoms with E-state index in [1.807, 2.05) is 18.7 Å². The molecule has 94 valence electrons. The molecule has 0 radical (unpaired) electrons. The number of carbonyl (C=O) groups excluding carboxylic acids is 1. The molecule has 1 fully saturated rings. The summed E-state index contributed by atoms with van der Waals surface area (Å²) in [5.41, 5.74) is 0. The number of nitrogens with zero attached hydrogens (tertiary/aromatic N) is 1. The van der Waals surface area contributed by atoms with Crippen molar-refractivity contribution in [1.82, 2.24) is 4.90 Å². The van der Waals surface area contributed by atoms with Crippen LogP contribution in [0.4, 0.5) is 4.79 Å². The van der Waals surface area contributed by atoms with E-state index in [9.17, 15) is 4.79 Å². The maximum absolute atomic E-state index is 12.1. The van der Waals surface area contributed by atoms with Crippen LogP contribution in [0.25, 0.3) is 0 Å². The SMILES string of the molecule is CCC1CCCC(CC)N1C(=O)OC(C)C. The number of hydrogen-bond donors (Lipinski definition) is 0. The van der Waals surface area contributed by atoms with Crippen LogP contribution < -0.4 is 0 Å². The van der Waals surface area contributed by atoms with Gasteiger partial charge in [-0.1, -0.05) is 13.8 Å². The Morgan fingerprint density at radius 2 is 1.75 bits per heavy atom. The first kappa shape index (κ1) is 13.3. The standard InChI is InChI=1S/C13H25NO2/c1-5-11-8-7-9-12(6-2)14(11)13(15)16-10(3)4/h10-12H,5-9H2,1-4H3. The number of ether oxygens (including phenoxy) is 1. The lowest BCUT2D eigenvalue weighted by Gasteiger charge is -2.41. The molecular weight excluding hydrogens is 202 g/mol. The van der Waals surface area contributed by atoms with Gasteiger partial charge in [0, 0.05) is 12.1 Å². The Kier molecular flexibility index (Phi) is 5.10. The van der Waals surface area contributed by atoms with Crippen LogP contribution in [0.3, 0.4) is 0 Å². The molecule has 3 heteroatoms. The van der Waals surface area contributed by atoms with Gasteiger partial charge in [-0.25, -0.2) is 4.79 Å². The minimum absolute atomic E-state index is 0.0237. The van der Waals surface area contributed by atoms with E-state index >= 15 is 0 Å². The van der Waals surface area contributed by atoms with Gasteiger partial charge in [0.2, 0.25) is 0 Å². The fourth-order valence-electron chi connectivity index (χ4n) is 2.53. The van der Waals surface area contributed by atoms with E-state index in [4.69, 9.17) is 4.74 Å². The van der Waals surface area contributed by atoms with Gasteiger partial charge in [-0.2, -0.15) is 0 Å². The van der Waals surface area contributed by atoms with Crippen LogP contribution in [0.1, 0.15) is 59.8 Å². The second-order valence-corrected chi connectivity index (χ2v) is 4.89. The zero-order valence-corrected chi connectivity index (χ0v) is 11.0. The molecule has 16 heavy (non-hydrogen) atoms. The van der Waals surface area contributed by atoms with Crippen LogP contribution in [0.15, 0.2) is 0 Å². The van der Waals surface area contributed by atoms with Gasteiger partial charge in [-0.3, -0.25) is 0 Å². The number of amides is 1. The number of piperidine rings is 1. The van der Waals surface area contributed by atoms with Crippen molar-refractivity contribution < 1.29 is 9.53 Å². The number of rotatable bonds is 3. The quantitative estimate of drug-likeness (QED) is 0.737. The molecule has 1 saturated heterocycles. The van der Waals surface area contributed by atoms with E-state index in [2.05, 4.69) is 13.8 Å². The largest absolute Gasteiger partial charge is 0.447 e. The van der Waals surface area contributed by atoms with Gasteiger partial charge in [0.25, 0.3) is 0 Å². The topological polar surface area (TPSA) is 29.5 Å². The Balaban J connectivity index is 2.71. The average Bonchev–Trinajstić information content (AvgIpc) is 2.26. The summed E-state index contributed by atoms with van der Waals surface area (Å²) in [7, 11) is 0. The zero-order valence-electron chi connectivity index (χ0n) is 11.0. The second kappa shape index (κ2) is 6.12. The van der Waals surface area contributed by atoms with E-state index in [1.54, 1.807) is 0 Å². The van der Waals surface area contributed by atoms with Crippen molar-refractivity contribution in [3.63, 3.8) is 0 Å². The van der Waals surface area contributed by atoms with Crippen molar-refractivity contribution in [1.29, 1.82) is 0 Å². The third-order valence-electron chi connectivity index (χ3n) is 3.35. The lowest BCUT2D eigenvalue weighted by molar-refractivity contribution is 0.0278. The minimum Gasteiger partial charge on any atom is -0.447 e. The first-order valence-corrected chi connectivity index (χ1v) is 6.59. The maximum Gasteiger partial charge on any atom is 0.410 e. The number of carbonyl (C=O) groups is 1. The molecule has 1 aliphatic rings. The summed E-state index contributed by atoms with van der Waals surface area (Å²) in [6.07, 6.45) is 5.41. The van der Waals surface area contributed by atoms with E-state index in [0.29, 0.717) is 12.1 Å². The summed E-state index contributed by atoms with van der Waals surface area (Å²) in [5, 5.41) is 0. The highest BCUT2D eigenvalue weighted by molar-refractivity contribution is 5.68. The van der Waals surface area contributed by atoms with Gasteiger partial charge in [0.15, 0.2) is 0 Å². The van der Waals surface area contributed by atoms with Gasteiger partial charge < -0.3 is 9.64 Å². The summed E-state index contributed by atoms with van der Waals surface area (Å²) in [6, 6.07) is 0.759. The van der Waals surface area contributed by atoms with Gasteiger partial charge >= 0.3 is 6.09 Å². The van der Waals surface area contributed by atoms with Crippen molar-refractivity contribution in [2.24, 2.45) is 0 Å². The highest BCUT2D eigenvalue weighted by atomic mass is 16.6. The molecule has 1 rings (SSSR count). The average molecular weight is 227 g/mol. The molecular formula is C13H25NO2. The number of likely N-dealkylation sites (tertiary alicyclic amines) is 1. The van der Waals surface area contributed by atoms with Crippen molar-refractivity contribution in [3.8, 4) is 0 Å². The number of hydrogen-bond acceptors (Lipinski definition) is 2. The lowest BCUT2D eigenvalue weighted by atomic mass is 9.93. The summed E-state index contributed by atoms with van der Waals surface area (Å²) >= 11 is 0. The molecule has 1 aliphatic heterocycles. The van der Waals surface area contributed by atoms with Gasteiger partial charge in [-0.15, -0.1) is 0 Å². The molecule has 0 aliphatic carbocycles. The fraction of sp³-hybridized carbons (Fsp3) is 0.923. The highest BCUT2D eigenvalue weighted by Crippen LogP contribution is 2.27. The summed E-state index contributed by atoms with van der Waals surface area (Å²) in [6.45, 7) is 8.12.